The smallest absolute Gasteiger partial charge is 0.180 e. The first-order valence-electron chi connectivity index (χ1n) is 8.91. The van der Waals surface area contributed by atoms with Gasteiger partial charge in [-0.25, -0.2) is 0 Å². The fourth-order valence-corrected chi connectivity index (χ4v) is 3.70. The van der Waals surface area contributed by atoms with E-state index in [-0.39, 0.29) is 0 Å². The van der Waals surface area contributed by atoms with Gasteiger partial charge in [0.05, 0.1) is 24.9 Å². The molecule has 0 aliphatic carbocycles. The van der Waals surface area contributed by atoms with Gasteiger partial charge in [-0.15, -0.1) is 0 Å². The number of halogens is 4. The van der Waals surface area contributed by atoms with E-state index in [4.69, 9.17) is 55.9 Å². The van der Waals surface area contributed by atoms with Gasteiger partial charge in [0.25, 0.3) is 0 Å². The lowest BCUT2D eigenvalue weighted by atomic mass is 10.2. The van der Waals surface area contributed by atoms with Crippen molar-refractivity contribution in [2.75, 3.05) is 7.11 Å². The van der Waals surface area contributed by atoms with Crippen LogP contribution >= 0.6 is 46.4 Å². The van der Waals surface area contributed by atoms with E-state index in [1.165, 1.54) is 0 Å². The van der Waals surface area contributed by atoms with Gasteiger partial charge in [-0.3, -0.25) is 0 Å². The maximum absolute atomic E-state index is 6.41. The number of rotatable bonds is 8. The number of ether oxygens (including phenoxy) is 2. The van der Waals surface area contributed by atoms with Gasteiger partial charge in [-0.1, -0.05) is 64.6 Å². The molecule has 0 atom stereocenters. The van der Waals surface area contributed by atoms with Crippen molar-refractivity contribution in [2.24, 2.45) is 5.10 Å². The normalized spacial score (nSPS) is 11.0. The molecular weight excluding hydrogens is 466 g/mol. The molecule has 156 valence electrons. The van der Waals surface area contributed by atoms with Crippen molar-refractivity contribution in [3.63, 3.8) is 0 Å². The Kier molecular flexibility index (Phi) is 8.11. The summed E-state index contributed by atoms with van der Waals surface area (Å²) in [5.74, 6) is 0.951. The minimum atomic E-state index is 0.310. The van der Waals surface area contributed by atoms with Crippen molar-refractivity contribution in [2.45, 2.75) is 13.2 Å². The third-order valence-electron chi connectivity index (χ3n) is 4.15. The molecule has 0 bridgehead atoms. The third kappa shape index (κ3) is 5.96. The summed E-state index contributed by atoms with van der Waals surface area (Å²) in [6.45, 7) is 0.699. The SMILES string of the molecule is COc1cc(/C=N/NCc2c(Cl)cccc2Cl)cc(Cl)c1OCc1cccc(Cl)c1. The Balaban J connectivity index is 1.68. The van der Waals surface area contributed by atoms with Gasteiger partial charge in [0, 0.05) is 20.6 Å². The fourth-order valence-electron chi connectivity index (χ4n) is 2.68. The molecule has 0 radical (unpaired) electrons. The second-order valence-electron chi connectivity index (χ2n) is 6.25. The minimum absolute atomic E-state index is 0.310. The summed E-state index contributed by atoms with van der Waals surface area (Å²) in [5.41, 5.74) is 5.37. The zero-order valence-corrected chi connectivity index (χ0v) is 19.0. The molecule has 30 heavy (non-hydrogen) atoms. The number of hydrogen-bond donors (Lipinski definition) is 1. The number of benzene rings is 3. The summed E-state index contributed by atoms with van der Waals surface area (Å²) in [4.78, 5) is 0. The van der Waals surface area contributed by atoms with Crippen molar-refractivity contribution in [1.29, 1.82) is 0 Å². The van der Waals surface area contributed by atoms with Crippen LogP contribution in [-0.4, -0.2) is 13.3 Å². The Hall–Kier alpha value is -2.11. The molecule has 0 spiro atoms. The summed E-state index contributed by atoms with van der Waals surface area (Å²) in [6.07, 6.45) is 1.62. The molecule has 0 saturated heterocycles. The molecular formula is C22H18Cl4N2O2. The number of hydrogen-bond acceptors (Lipinski definition) is 4. The van der Waals surface area contributed by atoms with Crippen LogP contribution in [0.25, 0.3) is 0 Å². The maximum Gasteiger partial charge on any atom is 0.180 e. The molecule has 3 rings (SSSR count). The Morgan fingerprint density at radius 2 is 1.67 bits per heavy atom. The lowest BCUT2D eigenvalue weighted by Gasteiger charge is -2.13. The average Bonchev–Trinajstić information content (AvgIpc) is 2.71. The zero-order valence-electron chi connectivity index (χ0n) is 16.0. The largest absolute Gasteiger partial charge is 0.493 e. The summed E-state index contributed by atoms with van der Waals surface area (Å²) in [6, 6.07) is 16.3. The van der Waals surface area contributed by atoms with Gasteiger partial charge in [0.2, 0.25) is 0 Å². The van der Waals surface area contributed by atoms with Crippen LogP contribution < -0.4 is 14.9 Å². The number of methoxy groups -OCH3 is 1. The highest BCUT2D eigenvalue weighted by atomic mass is 35.5. The molecule has 0 unspecified atom stereocenters. The highest BCUT2D eigenvalue weighted by Gasteiger charge is 2.12. The topological polar surface area (TPSA) is 42.8 Å². The van der Waals surface area contributed by atoms with Crippen molar-refractivity contribution >= 4 is 52.6 Å². The van der Waals surface area contributed by atoms with Crippen molar-refractivity contribution in [3.05, 3.63) is 91.4 Å². The van der Waals surface area contributed by atoms with E-state index in [9.17, 15) is 0 Å². The van der Waals surface area contributed by atoms with Gasteiger partial charge in [-0.05, 0) is 47.5 Å². The van der Waals surface area contributed by atoms with Crippen LogP contribution in [0.5, 0.6) is 11.5 Å². The number of nitrogens with one attached hydrogen (secondary N) is 1. The van der Waals surface area contributed by atoms with Crippen molar-refractivity contribution < 1.29 is 9.47 Å². The molecule has 0 aliphatic rings. The first-order chi connectivity index (χ1) is 14.5. The molecule has 0 aliphatic heterocycles. The van der Waals surface area contributed by atoms with Crippen molar-refractivity contribution in [3.8, 4) is 11.5 Å². The van der Waals surface area contributed by atoms with Crippen LogP contribution in [0, 0.1) is 0 Å². The first-order valence-corrected chi connectivity index (χ1v) is 10.4. The third-order valence-corrected chi connectivity index (χ3v) is 5.37. The Morgan fingerprint density at radius 1 is 0.933 bits per heavy atom. The van der Waals surface area contributed by atoms with Crippen LogP contribution in [0.4, 0.5) is 0 Å². The van der Waals surface area contributed by atoms with Crippen LogP contribution in [0.2, 0.25) is 20.1 Å². The second kappa shape index (κ2) is 10.8. The quantitative estimate of drug-likeness (QED) is 0.276. The molecule has 0 amide bonds. The van der Waals surface area contributed by atoms with Crippen molar-refractivity contribution in [1.82, 2.24) is 5.43 Å². The van der Waals surface area contributed by atoms with E-state index in [1.54, 1.807) is 49.7 Å². The molecule has 0 heterocycles. The van der Waals surface area contributed by atoms with Gasteiger partial charge >= 0.3 is 0 Å². The summed E-state index contributed by atoms with van der Waals surface area (Å²) < 4.78 is 11.3. The van der Waals surface area contributed by atoms with Crippen LogP contribution in [-0.2, 0) is 13.2 Å². The van der Waals surface area contributed by atoms with Crippen LogP contribution in [0.15, 0.2) is 59.7 Å². The first kappa shape index (κ1) is 22.6. The molecule has 3 aromatic rings. The second-order valence-corrected chi connectivity index (χ2v) is 7.90. The molecule has 0 saturated carbocycles. The van der Waals surface area contributed by atoms with E-state index >= 15 is 0 Å². The van der Waals surface area contributed by atoms with Crippen LogP contribution in [0.1, 0.15) is 16.7 Å². The van der Waals surface area contributed by atoms with Gasteiger partial charge in [0.15, 0.2) is 11.5 Å². The predicted molar refractivity (Wildman–Crippen MR) is 125 cm³/mol. The fraction of sp³-hybridized carbons (Fsp3) is 0.136. The highest BCUT2D eigenvalue weighted by Crippen LogP contribution is 2.36. The van der Waals surface area contributed by atoms with E-state index in [1.807, 2.05) is 18.2 Å². The van der Waals surface area contributed by atoms with Crippen LogP contribution in [0.3, 0.4) is 0 Å². The molecule has 0 aromatic heterocycles. The van der Waals surface area contributed by atoms with Gasteiger partial charge < -0.3 is 14.9 Å². The Labute approximate surface area is 195 Å². The molecule has 8 heteroatoms. The predicted octanol–water partition coefficient (Wildman–Crippen LogP) is 7.01. The summed E-state index contributed by atoms with van der Waals surface area (Å²) >= 11 is 24.7. The lowest BCUT2D eigenvalue weighted by molar-refractivity contribution is 0.284. The van der Waals surface area contributed by atoms with Gasteiger partial charge in [-0.2, -0.15) is 5.10 Å². The number of hydrazone groups is 1. The zero-order chi connectivity index (χ0) is 21.5. The molecule has 0 fully saturated rings. The number of nitrogens with zero attached hydrogens (tertiary/aromatic N) is 1. The maximum atomic E-state index is 6.41. The minimum Gasteiger partial charge on any atom is -0.493 e. The molecule has 4 nitrogen and oxygen atoms in total. The lowest BCUT2D eigenvalue weighted by Crippen LogP contribution is -2.07. The Morgan fingerprint density at radius 3 is 2.37 bits per heavy atom. The van der Waals surface area contributed by atoms with E-state index in [0.29, 0.717) is 44.7 Å². The summed E-state index contributed by atoms with van der Waals surface area (Å²) in [7, 11) is 1.55. The average molecular weight is 484 g/mol. The van der Waals surface area contributed by atoms with Gasteiger partial charge in [0.1, 0.15) is 6.61 Å². The monoisotopic (exact) mass is 482 g/mol. The molecule has 1 N–H and O–H groups in total. The van der Waals surface area contributed by atoms with E-state index in [0.717, 1.165) is 16.7 Å². The Bertz CT molecular complexity index is 1040. The standard InChI is InChI=1S/C22H18Cl4N2O2/c1-29-21-10-15(11-27-28-12-17-18(24)6-3-7-19(17)25)9-20(26)22(21)30-13-14-4-2-5-16(23)8-14/h2-11,28H,12-13H2,1H3/b27-11+. The summed E-state index contributed by atoms with van der Waals surface area (Å²) in [5, 5.41) is 6.42. The van der Waals surface area contributed by atoms with E-state index in [2.05, 4.69) is 10.5 Å². The highest BCUT2D eigenvalue weighted by molar-refractivity contribution is 6.36. The van der Waals surface area contributed by atoms with E-state index < -0.39 is 0 Å². The molecule has 3 aromatic carbocycles.